The number of terminal acetylenes is 1. The quantitative estimate of drug-likeness (QED) is 0.613. The van der Waals surface area contributed by atoms with Crippen molar-refractivity contribution < 1.29 is 19.0 Å². The fraction of sp³-hybridized carbons (Fsp3) is 0.471. The molecular weight excluding hydrogens is 282 g/mol. The first kappa shape index (κ1) is 16.2. The van der Waals surface area contributed by atoms with Gasteiger partial charge in [-0.3, -0.25) is 9.69 Å². The molecule has 0 saturated carbocycles. The summed E-state index contributed by atoms with van der Waals surface area (Å²) >= 11 is 0. The van der Waals surface area contributed by atoms with Crippen LogP contribution in [-0.4, -0.2) is 45.3 Å². The van der Waals surface area contributed by atoms with Crippen LogP contribution in [0.15, 0.2) is 12.1 Å². The maximum absolute atomic E-state index is 11.8. The summed E-state index contributed by atoms with van der Waals surface area (Å²) in [6, 6.07) is 3.81. The van der Waals surface area contributed by atoms with E-state index >= 15 is 0 Å². The number of benzene rings is 1. The number of hydrogen-bond donors (Lipinski definition) is 0. The van der Waals surface area contributed by atoms with Gasteiger partial charge >= 0.3 is 5.97 Å². The lowest BCUT2D eigenvalue weighted by Gasteiger charge is -2.36. The fourth-order valence-electron chi connectivity index (χ4n) is 2.87. The molecule has 5 nitrogen and oxygen atoms in total. The van der Waals surface area contributed by atoms with Gasteiger partial charge in [0.1, 0.15) is 0 Å². The molecule has 0 fully saturated rings. The zero-order valence-electron chi connectivity index (χ0n) is 13.2. The van der Waals surface area contributed by atoms with Gasteiger partial charge in [0.2, 0.25) is 0 Å². The van der Waals surface area contributed by atoms with Gasteiger partial charge in [0.25, 0.3) is 0 Å². The highest BCUT2D eigenvalue weighted by molar-refractivity contribution is 5.70. The van der Waals surface area contributed by atoms with E-state index in [-0.39, 0.29) is 18.4 Å². The van der Waals surface area contributed by atoms with Crippen LogP contribution in [0.5, 0.6) is 11.5 Å². The third kappa shape index (κ3) is 3.18. The summed E-state index contributed by atoms with van der Waals surface area (Å²) in [4.78, 5) is 13.9. The lowest BCUT2D eigenvalue weighted by Crippen LogP contribution is -2.37. The highest BCUT2D eigenvalue weighted by Gasteiger charge is 2.30. The first-order valence-electron chi connectivity index (χ1n) is 7.13. The van der Waals surface area contributed by atoms with E-state index in [4.69, 9.17) is 20.6 Å². The minimum atomic E-state index is -0.255. The molecule has 0 bridgehead atoms. The number of nitrogens with zero attached hydrogens (tertiary/aromatic N) is 1. The Balaban J connectivity index is 2.44. The first-order valence-corrected chi connectivity index (χ1v) is 7.13. The molecular formula is C17H21NO4. The minimum Gasteiger partial charge on any atom is -0.493 e. The van der Waals surface area contributed by atoms with E-state index < -0.39 is 0 Å². The van der Waals surface area contributed by atoms with Gasteiger partial charge in [-0.25, -0.2) is 0 Å². The van der Waals surface area contributed by atoms with Crippen molar-refractivity contribution in [3.8, 4) is 23.8 Å². The fourth-order valence-corrected chi connectivity index (χ4v) is 2.87. The van der Waals surface area contributed by atoms with Crippen LogP contribution in [0, 0.1) is 12.3 Å². The molecule has 0 aliphatic carbocycles. The Morgan fingerprint density at radius 2 is 2.00 bits per heavy atom. The van der Waals surface area contributed by atoms with Crippen LogP contribution in [0.1, 0.15) is 23.6 Å². The second-order valence-corrected chi connectivity index (χ2v) is 5.13. The van der Waals surface area contributed by atoms with Crippen LogP contribution < -0.4 is 9.47 Å². The van der Waals surface area contributed by atoms with Gasteiger partial charge in [0, 0.05) is 12.6 Å². The van der Waals surface area contributed by atoms with Gasteiger partial charge < -0.3 is 14.2 Å². The molecule has 2 rings (SSSR count). The van der Waals surface area contributed by atoms with E-state index in [1.54, 1.807) is 14.2 Å². The highest BCUT2D eigenvalue weighted by Crippen LogP contribution is 2.39. The van der Waals surface area contributed by atoms with Crippen molar-refractivity contribution in [1.82, 2.24) is 4.90 Å². The van der Waals surface area contributed by atoms with Crippen molar-refractivity contribution in [2.75, 3.05) is 34.4 Å². The Hall–Kier alpha value is -2.19. The molecule has 0 aromatic heterocycles. The molecule has 0 spiro atoms. The second-order valence-electron chi connectivity index (χ2n) is 5.13. The zero-order chi connectivity index (χ0) is 16.1. The number of carbonyl (C=O) groups is 1. The smallest absolute Gasteiger partial charge is 0.307 e. The molecule has 1 aliphatic heterocycles. The minimum absolute atomic E-state index is 0.105. The molecule has 1 aromatic carbocycles. The Bertz CT molecular complexity index is 591. The van der Waals surface area contributed by atoms with Gasteiger partial charge in [0.05, 0.1) is 34.3 Å². The van der Waals surface area contributed by atoms with Crippen LogP contribution >= 0.6 is 0 Å². The molecule has 1 atom stereocenters. The Kier molecular flexibility index (Phi) is 5.29. The molecule has 1 heterocycles. The second kappa shape index (κ2) is 7.19. The number of hydrogen-bond acceptors (Lipinski definition) is 5. The third-order valence-electron chi connectivity index (χ3n) is 4.00. The largest absolute Gasteiger partial charge is 0.493 e. The summed E-state index contributed by atoms with van der Waals surface area (Å²) in [6.07, 6.45) is 6.57. The maximum atomic E-state index is 11.8. The zero-order valence-corrected chi connectivity index (χ0v) is 13.2. The molecule has 0 N–H and O–H groups in total. The summed E-state index contributed by atoms with van der Waals surface area (Å²) in [5.41, 5.74) is 2.20. The normalized spacial score (nSPS) is 17.3. The van der Waals surface area contributed by atoms with Crippen LogP contribution in [0.2, 0.25) is 0 Å². The average molecular weight is 303 g/mol. The third-order valence-corrected chi connectivity index (χ3v) is 4.00. The number of ether oxygens (including phenoxy) is 3. The van der Waals surface area contributed by atoms with Crippen molar-refractivity contribution in [1.29, 1.82) is 0 Å². The number of rotatable bonds is 5. The van der Waals surface area contributed by atoms with E-state index in [1.807, 2.05) is 12.1 Å². The Labute approximate surface area is 131 Å². The first-order chi connectivity index (χ1) is 10.6. The molecule has 1 aromatic rings. The topological polar surface area (TPSA) is 48.0 Å². The van der Waals surface area contributed by atoms with Crippen molar-refractivity contribution in [3.05, 3.63) is 23.3 Å². The Morgan fingerprint density at radius 3 is 2.59 bits per heavy atom. The van der Waals surface area contributed by atoms with Gasteiger partial charge in [0.15, 0.2) is 11.5 Å². The summed E-state index contributed by atoms with van der Waals surface area (Å²) in [7, 11) is 4.61. The van der Waals surface area contributed by atoms with E-state index in [9.17, 15) is 4.79 Å². The van der Waals surface area contributed by atoms with E-state index in [0.29, 0.717) is 18.0 Å². The average Bonchev–Trinajstić information content (AvgIpc) is 2.55. The lowest BCUT2D eigenvalue weighted by molar-refractivity contribution is -0.142. The highest BCUT2D eigenvalue weighted by atomic mass is 16.5. The summed E-state index contributed by atoms with van der Waals surface area (Å²) in [6.45, 7) is 1.30. The number of fused-ring (bicyclic) bond motifs is 1. The molecule has 118 valence electrons. The van der Waals surface area contributed by atoms with Crippen molar-refractivity contribution >= 4 is 5.97 Å². The van der Waals surface area contributed by atoms with Crippen LogP contribution in [-0.2, 0) is 16.0 Å². The van der Waals surface area contributed by atoms with Crippen molar-refractivity contribution in [3.63, 3.8) is 0 Å². The van der Waals surface area contributed by atoms with E-state index in [1.165, 1.54) is 7.11 Å². The van der Waals surface area contributed by atoms with Crippen LogP contribution in [0.25, 0.3) is 0 Å². The molecule has 1 aliphatic rings. The number of methoxy groups -OCH3 is 3. The predicted octanol–water partition coefficient (Wildman–Crippen LogP) is 1.80. The number of carbonyl (C=O) groups excluding carboxylic acids is 1. The molecule has 0 saturated heterocycles. The SMILES string of the molecule is C#CCN1CCc2cc(OC)c(OC)cc2[C@@H]1CC(=O)OC. The monoisotopic (exact) mass is 303 g/mol. The van der Waals surface area contributed by atoms with Gasteiger partial charge in [-0.1, -0.05) is 5.92 Å². The van der Waals surface area contributed by atoms with Crippen molar-refractivity contribution in [2.24, 2.45) is 0 Å². The molecule has 5 heteroatoms. The molecule has 0 amide bonds. The molecule has 22 heavy (non-hydrogen) atoms. The summed E-state index contributed by atoms with van der Waals surface area (Å²) < 4.78 is 15.6. The van der Waals surface area contributed by atoms with Crippen LogP contribution in [0.4, 0.5) is 0 Å². The maximum Gasteiger partial charge on any atom is 0.307 e. The van der Waals surface area contributed by atoms with Gasteiger partial charge in [-0.2, -0.15) is 0 Å². The summed E-state index contributed by atoms with van der Waals surface area (Å²) in [5.74, 6) is 3.75. The number of esters is 1. The van der Waals surface area contributed by atoms with Crippen molar-refractivity contribution in [2.45, 2.75) is 18.9 Å². The standard InChI is InChI=1S/C17H21NO4/c1-5-7-18-8-6-12-9-15(20-2)16(21-3)10-13(12)14(18)11-17(19)22-4/h1,9-10,14H,6-8,11H2,2-4H3/t14-/m0/s1. The molecule has 0 radical (unpaired) electrons. The molecule has 0 unspecified atom stereocenters. The summed E-state index contributed by atoms with van der Waals surface area (Å²) in [5, 5.41) is 0. The van der Waals surface area contributed by atoms with E-state index in [0.717, 1.165) is 24.1 Å². The van der Waals surface area contributed by atoms with Crippen LogP contribution in [0.3, 0.4) is 0 Å². The van der Waals surface area contributed by atoms with E-state index in [2.05, 4.69) is 10.8 Å². The predicted molar refractivity (Wildman–Crippen MR) is 83.0 cm³/mol. The lowest BCUT2D eigenvalue weighted by atomic mass is 9.90. The Morgan fingerprint density at radius 1 is 1.32 bits per heavy atom. The van der Waals surface area contributed by atoms with Gasteiger partial charge in [-0.05, 0) is 29.7 Å². The van der Waals surface area contributed by atoms with Gasteiger partial charge in [-0.15, -0.1) is 6.42 Å².